The number of benzene rings is 1. The van der Waals surface area contributed by atoms with E-state index in [9.17, 15) is 29.1 Å². The number of carbonyl (C=O) groups is 5. The van der Waals surface area contributed by atoms with E-state index in [-0.39, 0.29) is 68.9 Å². The summed E-state index contributed by atoms with van der Waals surface area (Å²) in [6.45, 7) is 4.92. The number of amides is 2. The summed E-state index contributed by atoms with van der Waals surface area (Å²) in [6, 6.07) is 6.34. The lowest BCUT2D eigenvalue weighted by Gasteiger charge is -2.13. The van der Waals surface area contributed by atoms with Crippen LogP contribution < -0.4 is 10.6 Å². The third-order valence-corrected chi connectivity index (χ3v) is 5.45. The molecule has 0 aromatic heterocycles. The summed E-state index contributed by atoms with van der Waals surface area (Å²) in [4.78, 5) is 58.7. The molecule has 0 saturated carbocycles. The number of Topliss-reactive ketones (excluding diaryl/α,β-unsaturated/α-hetero) is 2. The van der Waals surface area contributed by atoms with E-state index in [1.807, 2.05) is 26.0 Å². The van der Waals surface area contributed by atoms with Crippen molar-refractivity contribution in [2.24, 2.45) is 0 Å². The highest BCUT2D eigenvalue weighted by atomic mass is 16.5. The second-order valence-electron chi connectivity index (χ2n) is 8.80. The van der Waals surface area contributed by atoms with Crippen LogP contribution in [0.25, 0.3) is 0 Å². The highest BCUT2D eigenvalue weighted by Crippen LogP contribution is 2.07. The summed E-state index contributed by atoms with van der Waals surface area (Å²) in [5, 5.41) is 14.3. The SMILES string of the molecule is CCCC(=O)NC(CCC(=O)CCCOCCOCC(=O)NCCCC(=O)c1ccc(C)cc1)C(=O)O. The second-order valence-corrected chi connectivity index (χ2v) is 8.80. The first-order valence-electron chi connectivity index (χ1n) is 12.8. The molecule has 1 aromatic carbocycles. The van der Waals surface area contributed by atoms with E-state index in [0.29, 0.717) is 44.4 Å². The molecule has 1 unspecified atom stereocenters. The number of hydrogen-bond donors (Lipinski definition) is 3. The Bertz CT molecular complexity index is 870. The molecule has 0 aliphatic carbocycles. The molecule has 0 aliphatic rings. The molecule has 0 aliphatic heterocycles. The van der Waals surface area contributed by atoms with Crippen LogP contribution in [-0.4, -0.2) is 73.5 Å². The highest BCUT2D eigenvalue weighted by Gasteiger charge is 2.20. The average molecular weight is 521 g/mol. The number of carboxylic acids is 1. The molecule has 1 atom stereocenters. The zero-order chi connectivity index (χ0) is 27.5. The van der Waals surface area contributed by atoms with Crippen LogP contribution in [0.4, 0.5) is 0 Å². The Kier molecular flexibility index (Phi) is 16.4. The zero-order valence-corrected chi connectivity index (χ0v) is 21.9. The summed E-state index contributed by atoms with van der Waals surface area (Å²) < 4.78 is 10.6. The fourth-order valence-corrected chi connectivity index (χ4v) is 3.35. The predicted octanol–water partition coefficient (Wildman–Crippen LogP) is 2.61. The molecule has 3 N–H and O–H groups in total. The van der Waals surface area contributed by atoms with E-state index in [2.05, 4.69) is 10.6 Å². The van der Waals surface area contributed by atoms with Gasteiger partial charge in [-0.15, -0.1) is 0 Å². The topological polar surface area (TPSA) is 148 Å². The van der Waals surface area contributed by atoms with Gasteiger partial charge in [0.05, 0.1) is 13.2 Å². The zero-order valence-electron chi connectivity index (χ0n) is 21.9. The van der Waals surface area contributed by atoms with Gasteiger partial charge in [0, 0.05) is 44.4 Å². The predicted molar refractivity (Wildman–Crippen MR) is 137 cm³/mol. The molecule has 1 rings (SSSR count). The minimum Gasteiger partial charge on any atom is -0.480 e. The van der Waals surface area contributed by atoms with Crippen molar-refractivity contribution in [1.29, 1.82) is 0 Å². The minimum atomic E-state index is -1.15. The molecule has 206 valence electrons. The van der Waals surface area contributed by atoms with Crippen molar-refractivity contribution in [2.75, 3.05) is 33.0 Å². The van der Waals surface area contributed by atoms with Crippen molar-refractivity contribution in [3.8, 4) is 0 Å². The van der Waals surface area contributed by atoms with Crippen molar-refractivity contribution in [1.82, 2.24) is 10.6 Å². The minimum absolute atomic E-state index is 0.0460. The van der Waals surface area contributed by atoms with Gasteiger partial charge in [-0.1, -0.05) is 36.8 Å². The van der Waals surface area contributed by atoms with Crippen LogP contribution in [0.1, 0.15) is 74.2 Å². The van der Waals surface area contributed by atoms with Gasteiger partial charge in [0.1, 0.15) is 18.4 Å². The number of rotatable bonds is 21. The summed E-state index contributed by atoms with van der Waals surface area (Å²) >= 11 is 0. The molecule has 10 heteroatoms. The Morgan fingerprint density at radius 1 is 0.865 bits per heavy atom. The van der Waals surface area contributed by atoms with Crippen LogP contribution in [0, 0.1) is 6.92 Å². The molecule has 0 radical (unpaired) electrons. The molecule has 0 saturated heterocycles. The number of carboxylic acid groups (broad SMARTS) is 1. The van der Waals surface area contributed by atoms with Crippen LogP contribution >= 0.6 is 0 Å². The number of aliphatic carboxylic acids is 1. The maximum Gasteiger partial charge on any atom is 0.326 e. The molecule has 0 spiro atoms. The van der Waals surface area contributed by atoms with Gasteiger partial charge < -0.3 is 25.2 Å². The lowest BCUT2D eigenvalue weighted by Crippen LogP contribution is -2.40. The largest absolute Gasteiger partial charge is 0.480 e. The summed E-state index contributed by atoms with van der Waals surface area (Å²) in [6.07, 6.45) is 2.64. The molecular weight excluding hydrogens is 480 g/mol. The number of ketones is 2. The Morgan fingerprint density at radius 2 is 1.57 bits per heavy atom. The van der Waals surface area contributed by atoms with Gasteiger partial charge in [0.2, 0.25) is 11.8 Å². The van der Waals surface area contributed by atoms with Crippen molar-refractivity contribution in [3.05, 3.63) is 35.4 Å². The Balaban J connectivity index is 2.00. The normalized spacial score (nSPS) is 11.5. The van der Waals surface area contributed by atoms with Gasteiger partial charge in [-0.3, -0.25) is 19.2 Å². The van der Waals surface area contributed by atoms with Gasteiger partial charge in [0.15, 0.2) is 5.78 Å². The fraction of sp³-hybridized carbons (Fsp3) is 0.593. The first-order valence-corrected chi connectivity index (χ1v) is 12.8. The van der Waals surface area contributed by atoms with Crippen LogP contribution in [0.3, 0.4) is 0 Å². The average Bonchev–Trinajstić information content (AvgIpc) is 2.86. The van der Waals surface area contributed by atoms with Gasteiger partial charge >= 0.3 is 5.97 Å². The first kappa shape index (κ1) is 31.9. The summed E-state index contributed by atoms with van der Waals surface area (Å²) in [7, 11) is 0. The smallest absolute Gasteiger partial charge is 0.326 e. The number of ether oxygens (including phenoxy) is 2. The Morgan fingerprint density at radius 3 is 2.24 bits per heavy atom. The molecule has 0 bridgehead atoms. The van der Waals surface area contributed by atoms with E-state index in [1.165, 1.54) is 0 Å². The van der Waals surface area contributed by atoms with Gasteiger partial charge in [-0.2, -0.15) is 0 Å². The monoisotopic (exact) mass is 520 g/mol. The van der Waals surface area contributed by atoms with Gasteiger partial charge in [-0.05, 0) is 32.6 Å². The molecule has 1 aromatic rings. The van der Waals surface area contributed by atoms with Crippen LogP contribution in [0.15, 0.2) is 24.3 Å². The molecule has 0 heterocycles. The van der Waals surface area contributed by atoms with Crippen molar-refractivity contribution >= 4 is 29.4 Å². The van der Waals surface area contributed by atoms with Crippen molar-refractivity contribution in [2.45, 2.75) is 71.3 Å². The van der Waals surface area contributed by atoms with E-state index < -0.39 is 12.0 Å². The lowest BCUT2D eigenvalue weighted by molar-refractivity contribution is -0.142. The van der Waals surface area contributed by atoms with Gasteiger partial charge in [-0.25, -0.2) is 4.79 Å². The van der Waals surface area contributed by atoms with E-state index >= 15 is 0 Å². The number of carbonyl (C=O) groups excluding carboxylic acids is 4. The molecule has 37 heavy (non-hydrogen) atoms. The van der Waals surface area contributed by atoms with E-state index in [4.69, 9.17) is 9.47 Å². The lowest BCUT2D eigenvalue weighted by atomic mass is 10.1. The Hall–Kier alpha value is -3.11. The number of aryl methyl sites for hydroxylation is 1. The van der Waals surface area contributed by atoms with E-state index in [0.717, 1.165) is 5.56 Å². The number of nitrogens with one attached hydrogen (secondary N) is 2. The third kappa shape index (κ3) is 15.6. The summed E-state index contributed by atoms with van der Waals surface area (Å²) in [5.74, 6) is -1.79. The standard InChI is InChI=1S/C27H40N2O8/c1-3-6-25(32)29-23(27(34)35)14-13-22(30)7-5-16-36-17-18-37-19-26(33)28-15-4-8-24(31)21-11-9-20(2)10-12-21/h9-12,23H,3-8,13-19H2,1-2H3,(H,28,33)(H,29,32)(H,34,35). The highest BCUT2D eigenvalue weighted by molar-refractivity contribution is 5.96. The first-order chi connectivity index (χ1) is 17.7. The maximum absolute atomic E-state index is 12.1. The van der Waals surface area contributed by atoms with Crippen LogP contribution in [0.5, 0.6) is 0 Å². The second kappa shape index (κ2) is 19.1. The van der Waals surface area contributed by atoms with Crippen molar-refractivity contribution in [3.63, 3.8) is 0 Å². The maximum atomic E-state index is 12.1. The molecule has 10 nitrogen and oxygen atoms in total. The van der Waals surface area contributed by atoms with Gasteiger partial charge in [0.25, 0.3) is 0 Å². The third-order valence-electron chi connectivity index (χ3n) is 5.45. The quantitative estimate of drug-likeness (QED) is 0.165. The molecular formula is C27H40N2O8. The van der Waals surface area contributed by atoms with E-state index in [1.54, 1.807) is 12.1 Å². The van der Waals surface area contributed by atoms with Crippen LogP contribution in [-0.2, 0) is 28.7 Å². The Labute approximate surface area is 218 Å². The summed E-state index contributed by atoms with van der Waals surface area (Å²) in [5.41, 5.74) is 1.77. The molecule has 2 amide bonds. The molecule has 0 fully saturated rings. The fourth-order valence-electron chi connectivity index (χ4n) is 3.35. The van der Waals surface area contributed by atoms with Crippen molar-refractivity contribution < 1.29 is 38.6 Å². The van der Waals surface area contributed by atoms with Crippen LogP contribution in [0.2, 0.25) is 0 Å². The number of hydrogen-bond acceptors (Lipinski definition) is 7.